The molecule has 1 atom stereocenters. The molecule has 2 heterocycles. The van der Waals surface area contributed by atoms with E-state index in [4.69, 9.17) is 4.74 Å². The average Bonchev–Trinajstić information content (AvgIpc) is 2.57. The number of carbonyl (C=O) groups excluding carboxylic acids is 1. The van der Waals surface area contributed by atoms with Gasteiger partial charge in [-0.15, -0.1) is 0 Å². The molecule has 0 unspecified atom stereocenters. The van der Waals surface area contributed by atoms with Crippen LogP contribution in [0, 0.1) is 0 Å². The van der Waals surface area contributed by atoms with E-state index in [0.29, 0.717) is 13.2 Å². The molecule has 4 heteroatoms. The normalized spacial score (nSPS) is 25.2. The number of ether oxygens (including phenoxy) is 1. The van der Waals surface area contributed by atoms with Gasteiger partial charge in [-0.3, -0.25) is 4.79 Å². The molecule has 0 radical (unpaired) electrons. The van der Waals surface area contributed by atoms with E-state index in [0.717, 1.165) is 44.3 Å². The van der Waals surface area contributed by atoms with Crippen molar-refractivity contribution < 1.29 is 9.53 Å². The zero-order valence-corrected chi connectivity index (χ0v) is 12.4. The monoisotopic (exact) mass is 288 g/mol. The first kappa shape index (κ1) is 14.5. The molecule has 2 aliphatic rings. The Hall–Kier alpha value is -1.39. The summed E-state index contributed by atoms with van der Waals surface area (Å²) in [6.45, 7) is 3.26. The maximum Gasteiger partial charge on any atom is 0.231 e. The first-order valence-electron chi connectivity index (χ1n) is 7.96. The summed E-state index contributed by atoms with van der Waals surface area (Å²) in [7, 11) is 0. The first-order valence-corrected chi connectivity index (χ1v) is 7.96. The summed E-state index contributed by atoms with van der Waals surface area (Å²) in [5, 5.41) is 6.63. The summed E-state index contributed by atoms with van der Waals surface area (Å²) in [6.07, 6.45) is 3.73. The van der Waals surface area contributed by atoms with Gasteiger partial charge in [0.05, 0.1) is 5.41 Å². The van der Waals surface area contributed by atoms with Gasteiger partial charge >= 0.3 is 0 Å². The Kier molecular flexibility index (Phi) is 4.56. The van der Waals surface area contributed by atoms with E-state index in [1.807, 2.05) is 18.2 Å². The van der Waals surface area contributed by atoms with Crippen LogP contribution in [-0.4, -0.2) is 38.3 Å². The minimum Gasteiger partial charge on any atom is -0.381 e. The maximum atomic E-state index is 13.0. The standard InChI is InChI=1S/C17H24N2O2/c20-16(19-15-7-4-10-18-13-15)17(8-11-21-12-9-17)14-5-2-1-3-6-14/h1-3,5-6,15,18H,4,7-13H2,(H,19,20)/t15-/m0/s1. The third kappa shape index (κ3) is 3.11. The number of piperidine rings is 1. The van der Waals surface area contributed by atoms with E-state index in [2.05, 4.69) is 22.8 Å². The lowest BCUT2D eigenvalue weighted by Gasteiger charge is -2.38. The summed E-state index contributed by atoms with van der Waals surface area (Å²) >= 11 is 0. The Balaban J connectivity index is 1.79. The SMILES string of the molecule is O=C(N[C@H]1CCCNC1)C1(c2ccccc2)CCOCC1. The smallest absolute Gasteiger partial charge is 0.231 e. The minimum atomic E-state index is -0.420. The topological polar surface area (TPSA) is 50.4 Å². The van der Waals surface area contributed by atoms with Crippen LogP contribution in [0.3, 0.4) is 0 Å². The molecular formula is C17H24N2O2. The van der Waals surface area contributed by atoms with Crippen LogP contribution in [0.4, 0.5) is 0 Å². The summed E-state index contributed by atoms with van der Waals surface area (Å²) in [6, 6.07) is 10.4. The van der Waals surface area contributed by atoms with Gasteiger partial charge in [0.2, 0.25) is 5.91 Å². The van der Waals surface area contributed by atoms with Crippen molar-refractivity contribution in [2.24, 2.45) is 0 Å². The van der Waals surface area contributed by atoms with Crippen LogP contribution in [0.5, 0.6) is 0 Å². The predicted octanol–water partition coefficient (Wildman–Crippen LogP) is 1.60. The van der Waals surface area contributed by atoms with Gasteiger partial charge in [0, 0.05) is 25.8 Å². The number of nitrogens with one attached hydrogen (secondary N) is 2. The van der Waals surface area contributed by atoms with Gasteiger partial charge in [-0.2, -0.15) is 0 Å². The van der Waals surface area contributed by atoms with Crippen LogP contribution in [-0.2, 0) is 14.9 Å². The molecule has 1 amide bonds. The zero-order chi connectivity index (χ0) is 14.5. The van der Waals surface area contributed by atoms with Gasteiger partial charge in [0.25, 0.3) is 0 Å². The maximum absolute atomic E-state index is 13.0. The second-order valence-corrected chi connectivity index (χ2v) is 6.08. The minimum absolute atomic E-state index is 0.172. The summed E-state index contributed by atoms with van der Waals surface area (Å²) < 4.78 is 5.49. The zero-order valence-electron chi connectivity index (χ0n) is 12.4. The van der Waals surface area contributed by atoms with E-state index in [9.17, 15) is 4.79 Å². The lowest BCUT2D eigenvalue weighted by molar-refractivity contribution is -0.131. The largest absolute Gasteiger partial charge is 0.381 e. The van der Waals surface area contributed by atoms with E-state index >= 15 is 0 Å². The van der Waals surface area contributed by atoms with Crippen molar-refractivity contribution in [1.29, 1.82) is 0 Å². The van der Waals surface area contributed by atoms with Crippen molar-refractivity contribution in [2.75, 3.05) is 26.3 Å². The average molecular weight is 288 g/mol. The number of carbonyl (C=O) groups is 1. The van der Waals surface area contributed by atoms with Gasteiger partial charge in [-0.1, -0.05) is 30.3 Å². The lowest BCUT2D eigenvalue weighted by Crippen LogP contribution is -2.54. The Bertz CT molecular complexity index is 463. The van der Waals surface area contributed by atoms with Crippen LogP contribution in [0.2, 0.25) is 0 Å². The van der Waals surface area contributed by atoms with Gasteiger partial charge in [-0.25, -0.2) is 0 Å². The van der Waals surface area contributed by atoms with Crippen LogP contribution in [0.1, 0.15) is 31.2 Å². The Morgan fingerprint density at radius 1 is 1.24 bits per heavy atom. The van der Waals surface area contributed by atoms with Crippen LogP contribution < -0.4 is 10.6 Å². The van der Waals surface area contributed by atoms with E-state index in [1.54, 1.807) is 0 Å². The summed E-state index contributed by atoms with van der Waals surface area (Å²) in [5.74, 6) is 0.172. The molecule has 21 heavy (non-hydrogen) atoms. The van der Waals surface area contributed by atoms with Crippen molar-refractivity contribution in [3.05, 3.63) is 35.9 Å². The fraction of sp³-hybridized carbons (Fsp3) is 0.588. The number of hydrogen-bond acceptors (Lipinski definition) is 3. The molecular weight excluding hydrogens is 264 g/mol. The van der Waals surface area contributed by atoms with Crippen LogP contribution in [0.25, 0.3) is 0 Å². The highest BCUT2D eigenvalue weighted by Crippen LogP contribution is 2.35. The number of benzene rings is 1. The molecule has 0 bridgehead atoms. The first-order chi connectivity index (χ1) is 10.3. The molecule has 0 saturated carbocycles. The molecule has 0 aliphatic carbocycles. The van der Waals surface area contributed by atoms with Crippen molar-refractivity contribution in [3.63, 3.8) is 0 Å². The molecule has 2 saturated heterocycles. The highest BCUT2D eigenvalue weighted by molar-refractivity contribution is 5.88. The quantitative estimate of drug-likeness (QED) is 0.888. The molecule has 2 N–H and O–H groups in total. The fourth-order valence-corrected chi connectivity index (χ4v) is 3.42. The van der Waals surface area contributed by atoms with Crippen molar-refractivity contribution in [2.45, 2.75) is 37.1 Å². The van der Waals surface area contributed by atoms with Crippen LogP contribution in [0.15, 0.2) is 30.3 Å². The van der Waals surface area contributed by atoms with Gasteiger partial charge < -0.3 is 15.4 Å². The molecule has 2 fully saturated rings. The van der Waals surface area contributed by atoms with E-state index in [-0.39, 0.29) is 11.9 Å². The second kappa shape index (κ2) is 6.58. The molecule has 0 spiro atoms. The molecule has 3 rings (SSSR count). The van der Waals surface area contributed by atoms with E-state index < -0.39 is 5.41 Å². The Labute approximate surface area is 126 Å². The Morgan fingerprint density at radius 3 is 2.67 bits per heavy atom. The fourth-order valence-electron chi connectivity index (χ4n) is 3.42. The van der Waals surface area contributed by atoms with Gasteiger partial charge in [0.15, 0.2) is 0 Å². The molecule has 1 aromatic rings. The highest BCUT2D eigenvalue weighted by atomic mass is 16.5. The molecule has 2 aliphatic heterocycles. The number of amides is 1. The lowest BCUT2D eigenvalue weighted by atomic mass is 9.73. The molecule has 1 aromatic carbocycles. The second-order valence-electron chi connectivity index (χ2n) is 6.08. The molecule has 114 valence electrons. The van der Waals surface area contributed by atoms with Gasteiger partial charge in [-0.05, 0) is 37.8 Å². The summed E-state index contributed by atoms with van der Waals surface area (Å²) in [4.78, 5) is 13.0. The highest BCUT2D eigenvalue weighted by Gasteiger charge is 2.42. The third-order valence-corrected chi connectivity index (χ3v) is 4.74. The molecule has 4 nitrogen and oxygen atoms in total. The Morgan fingerprint density at radius 2 is 2.00 bits per heavy atom. The number of rotatable bonds is 3. The van der Waals surface area contributed by atoms with Crippen molar-refractivity contribution in [3.8, 4) is 0 Å². The van der Waals surface area contributed by atoms with E-state index in [1.165, 1.54) is 0 Å². The third-order valence-electron chi connectivity index (χ3n) is 4.74. The van der Waals surface area contributed by atoms with Crippen molar-refractivity contribution in [1.82, 2.24) is 10.6 Å². The number of hydrogen-bond donors (Lipinski definition) is 2. The molecule has 0 aromatic heterocycles. The van der Waals surface area contributed by atoms with Crippen molar-refractivity contribution >= 4 is 5.91 Å². The van der Waals surface area contributed by atoms with Gasteiger partial charge in [0.1, 0.15) is 0 Å². The predicted molar refractivity (Wildman–Crippen MR) is 82.2 cm³/mol. The summed E-state index contributed by atoms with van der Waals surface area (Å²) in [5.41, 5.74) is 0.700. The van der Waals surface area contributed by atoms with Crippen LogP contribution >= 0.6 is 0 Å².